The van der Waals surface area contributed by atoms with E-state index in [1.165, 1.54) is 19.1 Å². The van der Waals surface area contributed by atoms with Gasteiger partial charge in [-0.1, -0.05) is 12.1 Å². The van der Waals surface area contributed by atoms with Gasteiger partial charge in [-0.3, -0.25) is 14.9 Å². The minimum absolute atomic E-state index is 0.00715. The number of hydrogen-bond donors (Lipinski definition) is 1. The van der Waals surface area contributed by atoms with Gasteiger partial charge in [0.05, 0.1) is 10.5 Å². The van der Waals surface area contributed by atoms with Gasteiger partial charge < -0.3 is 19.5 Å². The van der Waals surface area contributed by atoms with E-state index in [0.717, 1.165) is 11.6 Å². The van der Waals surface area contributed by atoms with E-state index >= 15 is 0 Å². The maximum Gasteiger partial charge on any atom is 0.339 e. The Bertz CT molecular complexity index is 942. The van der Waals surface area contributed by atoms with Crippen LogP contribution in [0.3, 0.4) is 0 Å². The summed E-state index contributed by atoms with van der Waals surface area (Å²) in [5.74, 6) is -0.0572. The Morgan fingerprint density at radius 3 is 2.71 bits per heavy atom. The van der Waals surface area contributed by atoms with E-state index in [2.05, 4.69) is 5.32 Å². The second kappa shape index (κ2) is 7.95. The van der Waals surface area contributed by atoms with Crippen LogP contribution in [-0.2, 0) is 16.1 Å². The van der Waals surface area contributed by atoms with Crippen molar-refractivity contribution in [3.8, 4) is 11.5 Å². The molecule has 1 N–H and O–H groups in total. The lowest BCUT2D eigenvalue weighted by molar-refractivity contribution is -0.385. The number of ether oxygens (including phenoxy) is 3. The van der Waals surface area contributed by atoms with Crippen molar-refractivity contribution in [2.24, 2.45) is 0 Å². The Morgan fingerprint density at radius 2 is 1.96 bits per heavy atom. The molecule has 0 aliphatic carbocycles. The van der Waals surface area contributed by atoms with Gasteiger partial charge in [-0.05, 0) is 37.6 Å². The SMILES string of the molecule is Cc1ccc(C(=O)O[C@@H](C)C(=O)NCc2ccc3c(c2)OCO3)cc1[N+](=O)[O-]. The lowest BCUT2D eigenvalue weighted by atomic mass is 10.1. The topological polar surface area (TPSA) is 117 Å². The molecule has 28 heavy (non-hydrogen) atoms. The van der Waals surface area contributed by atoms with Crippen LogP contribution in [0, 0.1) is 17.0 Å². The summed E-state index contributed by atoms with van der Waals surface area (Å²) in [7, 11) is 0. The number of carbonyl (C=O) groups is 2. The first-order valence-electron chi connectivity index (χ1n) is 8.47. The fourth-order valence-electron chi connectivity index (χ4n) is 2.60. The molecule has 0 radical (unpaired) electrons. The smallest absolute Gasteiger partial charge is 0.339 e. The first-order valence-corrected chi connectivity index (χ1v) is 8.47. The minimum Gasteiger partial charge on any atom is -0.454 e. The third kappa shape index (κ3) is 4.20. The van der Waals surface area contributed by atoms with E-state index in [1.54, 1.807) is 25.1 Å². The van der Waals surface area contributed by atoms with Crippen LogP contribution in [-0.4, -0.2) is 29.7 Å². The second-order valence-electron chi connectivity index (χ2n) is 6.21. The maximum absolute atomic E-state index is 12.2. The summed E-state index contributed by atoms with van der Waals surface area (Å²) in [6.07, 6.45) is -1.07. The van der Waals surface area contributed by atoms with Crippen molar-refractivity contribution in [2.75, 3.05) is 6.79 Å². The third-order valence-electron chi connectivity index (χ3n) is 4.20. The normalized spacial score (nSPS) is 12.9. The van der Waals surface area contributed by atoms with Crippen LogP contribution in [0.2, 0.25) is 0 Å². The number of aryl methyl sites for hydroxylation is 1. The van der Waals surface area contributed by atoms with E-state index in [-0.39, 0.29) is 24.6 Å². The highest BCUT2D eigenvalue weighted by molar-refractivity contribution is 5.93. The van der Waals surface area contributed by atoms with Crippen molar-refractivity contribution in [2.45, 2.75) is 26.5 Å². The molecule has 0 saturated heterocycles. The number of carbonyl (C=O) groups excluding carboxylic acids is 2. The van der Waals surface area contributed by atoms with Crippen LogP contribution in [0.1, 0.15) is 28.4 Å². The molecule has 0 fully saturated rings. The number of rotatable bonds is 6. The number of amides is 1. The lowest BCUT2D eigenvalue weighted by Crippen LogP contribution is -2.35. The first kappa shape index (κ1) is 19.2. The Labute approximate surface area is 160 Å². The molecule has 1 atom stereocenters. The van der Waals surface area contributed by atoms with Gasteiger partial charge in [-0.2, -0.15) is 0 Å². The summed E-state index contributed by atoms with van der Waals surface area (Å²) in [6, 6.07) is 9.30. The van der Waals surface area contributed by atoms with Gasteiger partial charge in [-0.25, -0.2) is 4.79 Å². The average Bonchev–Trinajstić information content (AvgIpc) is 3.13. The molecule has 9 nitrogen and oxygen atoms in total. The molecular formula is C19H18N2O7. The molecule has 0 bridgehead atoms. The molecule has 1 heterocycles. The van der Waals surface area contributed by atoms with Gasteiger partial charge in [0.25, 0.3) is 11.6 Å². The minimum atomic E-state index is -1.07. The molecular weight excluding hydrogens is 368 g/mol. The number of nitrogens with zero attached hydrogens (tertiary/aromatic N) is 1. The van der Waals surface area contributed by atoms with E-state index < -0.39 is 22.9 Å². The third-order valence-corrected chi connectivity index (χ3v) is 4.20. The van der Waals surface area contributed by atoms with Gasteiger partial charge in [0.1, 0.15) is 0 Å². The standard InChI is InChI=1S/C19H18N2O7/c1-11-3-5-14(8-15(11)21(24)25)19(23)28-12(2)18(22)20-9-13-4-6-16-17(7-13)27-10-26-16/h3-8,12H,9-10H2,1-2H3,(H,20,22)/t12-/m0/s1. The number of benzene rings is 2. The van der Waals surface area contributed by atoms with Gasteiger partial charge in [-0.15, -0.1) is 0 Å². The average molecular weight is 386 g/mol. The van der Waals surface area contributed by atoms with E-state index in [4.69, 9.17) is 14.2 Å². The summed E-state index contributed by atoms with van der Waals surface area (Å²) in [5, 5.41) is 13.7. The number of esters is 1. The molecule has 1 aliphatic heterocycles. The highest BCUT2D eigenvalue weighted by Gasteiger charge is 2.21. The van der Waals surface area contributed by atoms with E-state index in [9.17, 15) is 19.7 Å². The molecule has 0 spiro atoms. The molecule has 0 unspecified atom stereocenters. The van der Waals surface area contributed by atoms with Crippen molar-refractivity contribution >= 4 is 17.6 Å². The molecule has 2 aromatic carbocycles. The molecule has 2 aromatic rings. The van der Waals surface area contributed by atoms with Gasteiger partial charge in [0.15, 0.2) is 17.6 Å². The summed E-state index contributed by atoms with van der Waals surface area (Å²) in [6.45, 7) is 3.37. The van der Waals surface area contributed by atoms with Crippen molar-refractivity contribution in [1.82, 2.24) is 5.32 Å². The zero-order chi connectivity index (χ0) is 20.3. The van der Waals surface area contributed by atoms with Gasteiger partial charge >= 0.3 is 5.97 Å². The van der Waals surface area contributed by atoms with Crippen LogP contribution >= 0.6 is 0 Å². The van der Waals surface area contributed by atoms with Crippen molar-refractivity contribution < 1.29 is 28.7 Å². The molecule has 1 amide bonds. The van der Waals surface area contributed by atoms with Crippen LogP contribution < -0.4 is 14.8 Å². The molecule has 9 heteroatoms. The van der Waals surface area contributed by atoms with E-state index in [0.29, 0.717) is 17.1 Å². The molecule has 0 saturated carbocycles. The van der Waals surface area contributed by atoms with Crippen molar-refractivity contribution in [1.29, 1.82) is 0 Å². The Kier molecular flexibility index (Phi) is 5.44. The number of fused-ring (bicyclic) bond motifs is 1. The fourth-order valence-corrected chi connectivity index (χ4v) is 2.60. The zero-order valence-corrected chi connectivity index (χ0v) is 15.3. The monoisotopic (exact) mass is 386 g/mol. The Hall–Kier alpha value is -3.62. The largest absolute Gasteiger partial charge is 0.454 e. The first-order chi connectivity index (χ1) is 13.3. The highest BCUT2D eigenvalue weighted by Crippen LogP contribution is 2.32. The Balaban J connectivity index is 1.57. The van der Waals surface area contributed by atoms with Crippen LogP contribution in [0.5, 0.6) is 11.5 Å². The number of nitro benzene ring substituents is 1. The molecule has 3 rings (SSSR count). The number of hydrogen-bond acceptors (Lipinski definition) is 7. The van der Waals surface area contributed by atoms with Crippen LogP contribution in [0.25, 0.3) is 0 Å². The zero-order valence-electron chi connectivity index (χ0n) is 15.3. The summed E-state index contributed by atoms with van der Waals surface area (Å²) >= 11 is 0. The van der Waals surface area contributed by atoms with Crippen molar-refractivity contribution in [3.63, 3.8) is 0 Å². The fraction of sp³-hybridized carbons (Fsp3) is 0.263. The van der Waals surface area contributed by atoms with Gasteiger partial charge in [0, 0.05) is 18.2 Å². The lowest BCUT2D eigenvalue weighted by Gasteiger charge is -2.14. The molecule has 1 aliphatic rings. The quantitative estimate of drug-likeness (QED) is 0.460. The molecule has 146 valence electrons. The van der Waals surface area contributed by atoms with Crippen molar-refractivity contribution in [3.05, 3.63) is 63.2 Å². The predicted molar refractivity (Wildman–Crippen MR) is 97.1 cm³/mol. The van der Waals surface area contributed by atoms with Crippen LogP contribution in [0.15, 0.2) is 36.4 Å². The number of nitrogens with one attached hydrogen (secondary N) is 1. The Morgan fingerprint density at radius 1 is 1.21 bits per heavy atom. The maximum atomic E-state index is 12.2. The molecule has 0 aromatic heterocycles. The predicted octanol–water partition coefficient (Wildman–Crippen LogP) is 2.49. The number of nitro groups is 1. The summed E-state index contributed by atoms with van der Waals surface area (Å²) in [5.41, 5.74) is 1.04. The second-order valence-corrected chi connectivity index (χ2v) is 6.21. The van der Waals surface area contributed by atoms with Crippen LogP contribution in [0.4, 0.5) is 5.69 Å². The van der Waals surface area contributed by atoms with E-state index in [1.807, 2.05) is 0 Å². The highest BCUT2D eigenvalue weighted by atomic mass is 16.7. The summed E-state index contributed by atoms with van der Waals surface area (Å²) in [4.78, 5) is 34.8. The summed E-state index contributed by atoms with van der Waals surface area (Å²) < 4.78 is 15.6. The van der Waals surface area contributed by atoms with Gasteiger partial charge in [0.2, 0.25) is 6.79 Å².